The van der Waals surface area contributed by atoms with Gasteiger partial charge in [-0.1, -0.05) is 40.2 Å². The molecule has 0 bridgehead atoms. The fourth-order valence-corrected chi connectivity index (χ4v) is 3.87. The van der Waals surface area contributed by atoms with E-state index >= 15 is 0 Å². The lowest BCUT2D eigenvalue weighted by Gasteiger charge is -2.14. The number of hydrogen-bond acceptors (Lipinski definition) is 2. The Morgan fingerprint density at radius 3 is 2.79 bits per heavy atom. The molecular weight excluding hydrogens is 366 g/mol. The van der Waals surface area contributed by atoms with Crippen LogP contribution in [0, 0.1) is 0 Å². The summed E-state index contributed by atoms with van der Waals surface area (Å²) in [5, 5.41) is 0. The number of para-hydroxylation sites is 2. The maximum Gasteiger partial charge on any atom is 0.223 e. The number of amides is 1. The molecule has 1 unspecified atom stereocenters. The van der Waals surface area contributed by atoms with Crippen molar-refractivity contribution >= 4 is 32.9 Å². The number of hydrogen-bond donors (Lipinski definition) is 0. The molecular formula is C19H18BrN3O. The van der Waals surface area contributed by atoms with Crippen molar-refractivity contribution in [2.75, 3.05) is 13.6 Å². The molecule has 2 heterocycles. The molecule has 1 aromatic heterocycles. The van der Waals surface area contributed by atoms with Crippen LogP contribution in [0.1, 0.15) is 23.7 Å². The molecule has 1 fully saturated rings. The molecule has 1 aliphatic rings. The van der Waals surface area contributed by atoms with E-state index in [1.54, 1.807) is 4.90 Å². The van der Waals surface area contributed by atoms with Crippen LogP contribution < -0.4 is 0 Å². The first-order chi connectivity index (χ1) is 11.6. The highest BCUT2D eigenvalue weighted by atomic mass is 79.9. The van der Waals surface area contributed by atoms with Crippen molar-refractivity contribution in [2.24, 2.45) is 0 Å². The third-order valence-corrected chi connectivity index (χ3v) is 5.11. The standard InChI is InChI=1S/C19H18BrN3O/c1-22-12-14(10-18(22)24)19-21-16-7-2-3-8-17(16)23(19)11-13-5-4-6-15(20)9-13/h2-9,14H,10-12H2,1H3. The van der Waals surface area contributed by atoms with Crippen LogP contribution in [0.2, 0.25) is 0 Å². The minimum absolute atomic E-state index is 0.155. The summed E-state index contributed by atoms with van der Waals surface area (Å²) in [5.74, 6) is 1.36. The van der Waals surface area contributed by atoms with Crippen molar-refractivity contribution < 1.29 is 4.79 Å². The van der Waals surface area contributed by atoms with Crippen LogP contribution >= 0.6 is 15.9 Å². The number of benzene rings is 2. The maximum atomic E-state index is 12.0. The van der Waals surface area contributed by atoms with E-state index in [0.717, 1.165) is 34.4 Å². The smallest absolute Gasteiger partial charge is 0.223 e. The minimum atomic E-state index is 0.155. The molecule has 1 atom stereocenters. The summed E-state index contributed by atoms with van der Waals surface area (Å²) in [6.45, 7) is 1.49. The lowest BCUT2D eigenvalue weighted by molar-refractivity contribution is -0.126. The van der Waals surface area contributed by atoms with Crippen LogP contribution in [0.4, 0.5) is 0 Å². The van der Waals surface area contributed by atoms with Crippen LogP contribution in [0.15, 0.2) is 53.0 Å². The van der Waals surface area contributed by atoms with Gasteiger partial charge >= 0.3 is 0 Å². The average Bonchev–Trinajstić information content (AvgIpc) is 3.09. The Hall–Kier alpha value is -2.14. The SMILES string of the molecule is CN1CC(c2nc3ccccc3n2Cc2cccc(Br)c2)CC1=O. The largest absolute Gasteiger partial charge is 0.345 e. The van der Waals surface area contributed by atoms with E-state index in [1.807, 2.05) is 37.4 Å². The quantitative estimate of drug-likeness (QED) is 0.689. The van der Waals surface area contributed by atoms with Gasteiger partial charge in [0.2, 0.25) is 5.91 Å². The van der Waals surface area contributed by atoms with Gasteiger partial charge in [0.15, 0.2) is 0 Å². The van der Waals surface area contributed by atoms with Crippen LogP contribution in [0.3, 0.4) is 0 Å². The number of halogens is 1. The molecule has 0 aliphatic carbocycles. The third-order valence-electron chi connectivity index (χ3n) is 4.62. The normalized spacial score (nSPS) is 17.8. The lowest BCUT2D eigenvalue weighted by Crippen LogP contribution is -2.19. The van der Waals surface area contributed by atoms with Gasteiger partial charge in [0.1, 0.15) is 5.82 Å². The second kappa shape index (κ2) is 6.06. The first-order valence-corrected chi connectivity index (χ1v) is 8.84. The van der Waals surface area contributed by atoms with Gasteiger partial charge in [-0.2, -0.15) is 0 Å². The summed E-state index contributed by atoms with van der Waals surface area (Å²) < 4.78 is 3.33. The number of imidazole rings is 1. The topological polar surface area (TPSA) is 38.1 Å². The molecule has 24 heavy (non-hydrogen) atoms. The van der Waals surface area contributed by atoms with Gasteiger partial charge in [-0.15, -0.1) is 0 Å². The van der Waals surface area contributed by atoms with Crippen molar-refractivity contribution in [1.29, 1.82) is 0 Å². The van der Waals surface area contributed by atoms with Gasteiger partial charge < -0.3 is 9.47 Å². The molecule has 1 saturated heterocycles. The lowest BCUT2D eigenvalue weighted by atomic mass is 10.1. The molecule has 0 saturated carbocycles. The number of likely N-dealkylation sites (tertiary alicyclic amines) is 1. The van der Waals surface area contributed by atoms with E-state index in [-0.39, 0.29) is 11.8 Å². The molecule has 3 aromatic rings. The molecule has 0 N–H and O–H groups in total. The number of fused-ring (bicyclic) bond motifs is 1. The molecule has 1 amide bonds. The third kappa shape index (κ3) is 2.73. The van der Waals surface area contributed by atoms with Crippen molar-refractivity contribution in [3.05, 3.63) is 64.4 Å². The highest BCUT2D eigenvalue weighted by Gasteiger charge is 2.31. The van der Waals surface area contributed by atoms with Gasteiger partial charge in [-0.3, -0.25) is 4.79 Å². The van der Waals surface area contributed by atoms with E-state index in [9.17, 15) is 4.79 Å². The van der Waals surface area contributed by atoms with Crippen LogP contribution in [-0.2, 0) is 11.3 Å². The zero-order valence-electron chi connectivity index (χ0n) is 13.4. The van der Waals surface area contributed by atoms with Gasteiger partial charge in [0, 0.05) is 36.9 Å². The Morgan fingerprint density at radius 1 is 1.21 bits per heavy atom. The molecule has 5 heteroatoms. The van der Waals surface area contributed by atoms with Gasteiger partial charge in [0.05, 0.1) is 11.0 Å². The Morgan fingerprint density at radius 2 is 2.04 bits per heavy atom. The predicted octanol–water partition coefficient (Wildman–Crippen LogP) is 3.79. The molecule has 0 radical (unpaired) electrons. The Kier molecular flexibility index (Phi) is 3.88. The van der Waals surface area contributed by atoms with E-state index < -0.39 is 0 Å². The second-order valence-electron chi connectivity index (χ2n) is 6.35. The van der Waals surface area contributed by atoms with Gasteiger partial charge in [0.25, 0.3) is 0 Å². The molecule has 0 spiro atoms. The van der Waals surface area contributed by atoms with E-state index in [0.29, 0.717) is 6.42 Å². The van der Waals surface area contributed by atoms with Gasteiger partial charge in [-0.05, 0) is 29.8 Å². The van der Waals surface area contributed by atoms with Crippen LogP contribution in [0.5, 0.6) is 0 Å². The number of carbonyl (C=O) groups is 1. The van der Waals surface area contributed by atoms with E-state index in [4.69, 9.17) is 4.98 Å². The maximum absolute atomic E-state index is 12.0. The Balaban J connectivity index is 1.80. The fourth-order valence-electron chi connectivity index (χ4n) is 3.43. The number of aromatic nitrogens is 2. The molecule has 1 aliphatic heterocycles. The average molecular weight is 384 g/mol. The molecule has 4 nitrogen and oxygen atoms in total. The summed E-state index contributed by atoms with van der Waals surface area (Å²) in [6.07, 6.45) is 0.540. The van der Waals surface area contributed by atoms with Crippen molar-refractivity contribution in [1.82, 2.24) is 14.5 Å². The Labute approximate surface area is 149 Å². The Bertz CT molecular complexity index is 918. The summed E-state index contributed by atoms with van der Waals surface area (Å²) >= 11 is 3.54. The zero-order valence-corrected chi connectivity index (χ0v) is 15.0. The minimum Gasteiger partial charge on any atom is -0.345 e. The van der Waals surface area contributed by atoms with Crippen LogP contribution in [-0.4, -0.2) is 34.0 Å². The summed E-state index contributed by atoms with van der Waals surface area (Å²) in [4.78, 5) is 18.6. The molecule has 2 aromatic carbocycles. The number of rotatable bonds is 3. The molecule has 122 valence electrons. The fraction of sp³-hybridized carbons (Fsp3) is 0.263. The van der Waals surface area contributed by atoms with Crippen molar-refractivity contribution in [3.8, 4) is 0 Å². The van der Waals surface area contributed by atoms with Gasteiger partial charge in [-0.25, -0.2) is 4.98 Å². The summed E-state index contributed by atoms with van der Waals surface area (Å²) in [6, 6.07) is 16.5. The van der Waals surface area contributed by atoms with Crippen LogP contribution in [0.25, 0.3) is 11.0 Å². The number of carbonyl (C=O) groups excluding carboxylic acids is 1. The first kappa shape index (κ1) is 15.4. The van der Waals surface area contributed by atoms with Crippen molar-refractivity contribution in [2.45, 2.75) is 18.9 Å². The van der Waals surface area contributed by atoms with E-state index in [1.165, 1.54) is 5.56 Å². The number of likely N-dealkylation sites (N-methyl/N-ethyl adjacent to an activating group) is 1. The monoisotopic (exact) mass is 383 g/mol. The zero-order chi connectivity index (χ0) is 16.7. The van der Waals surface area contributed by atoms with E-state index in [2.05, 4.69) is 38.7 Å². The first-order valence-electron chi connectivity index (χ1n) is 8.05. The number of nitrogens with zero attached hydrogens (tertiary/aromatic N) is 3. The molecule has 4 rings (SSSR count). The summed E-state index contributed by atoms with van der Waals surface area (Å²) in [7, 11) is 1.86. The highest BCUT2D eigenvalue weighted by Crippen LogP contribution is 2.30. The highest BCUT2D eigenvalue weighted by molar-refractivity contribution is 9.10. The predicted molar refractivity (Wildman–Crippen MR) is 98.0 cm³/mol. The summed E-state index contributed by atoms with van der Waals surface area (Å²) in [5.41, 5.74) is 3.32. The second-order valence-corrected chi connectivity index (χ2v) is 7.27. The van der Waals surface area contributed by atoms with Crippen molar-refractivity contribution in [3.63, 3.8) is 0 Å².